The molecule has 0 aliphatic heterocycles. The van der Waals surface area contributed by atoms with E-state index in [0.29, 0.717) is 5.56 Å². The first-order valence-electron chi connectivity index (χ1n) is 12.8. The molecule has 2 aromatic carbocycles. The minimum Gasteiger partial charge on any atom is -0.451 e. The molecule has 0 aromatic heterocycles. The summed E-state index contributed by atoms with van der Waals surface area (Å²) in [6.45, 7) is 6.87. The molecule has 2 rings (SSSR count). The van der Waals surface area contributed by atoms with E-state index in [1.807, 2.05) is 0 Å². The summed E-state index contributed by atoms with van der Waals surface area (Å²) in [6.07, 6.45) is -3.07. The highest BCUT2D eigenvalue weighted by molar-refractivity contribution is 5.97. The van der Waals surface area contributed by atoms with Crippen molar-refractivity contribution >= 4 is 41.3 Å². The van der Waals surface area contributed by atoms with Crippen molar-refractivity contribution in [2.75, 3.05) is 6.67 Å². The molecular weight excluding hydrogens is 536 g/mol. The van der Waals surface area contributed by atoms with Crippen molar-refractivity contribution in [3.05, 3.63) is 70.8 Å². The van der Waals surface area contributed by atoms with Gasteiger partial charge in [-0.3, -0.25) is 19.2 Å². The van der Waals surface area contributed by atoms with Crippen LogP contribution in [0.1, 0.15) is 82.5 Å². The Morgan fingerprint density at radius 3 is 1.22 bits per heavy atom. The highest BCUT2D eigenvalue weighted by atomic mass is 16.6. The average molecular weight is 569 g/mol. The second-order valence-corrected chi connectivity index (χ2v) is 8.93. The van der Waals surface area contributed by atoms with Crippen molar-refractivity contribution in [3.63, 3.8) is 0 Å². The molecule has 0 heterocycles. The fourth-order valence-corrected chi connectivity index (χ4v) is 3.24. The van der Waals surface area contributed by atoms with E-state index in [4.69, 9.17) is 14.2 Å². The highest BCUT2D eigenvalue weighted by Crippen LogP contribution is 2.11. The molecule has 0 radical (unpaired) electrons. The van der Waals surface area contributed by atoms with Crippen LogP contribution in [0, 0.1) is 0 Å². The van der Waals surface area contributed by atoms with Crippen LogP contribution >= 0.6 is 0 Å². The molecule has 0 saturated carbocycles. The SMILES string of the molecule is CCC(=O)C(C)OC(=O)c1ccc(C(=O)OC(C)C(=O)NCNC(=O)C(C)OC(=O)c2ccc(C(C)=O)cc2)cc1. The van der Waals surface area contributed by atoms with Gasteiger partial charge in [0.1, 0.15) is 0 Å². The number of hydrogen-bond acceptors (Lipinski definition) is 10. The zero-order valence-corrected chi connectivity index (χ0v) is 23.3. The summed E-state index contributed by atoms with van der Waals surface area (Å²) in [5.41, 5.74) is 0.782. The van der Waals surface area contributed by atoms with Crippen LogP contribution in [0.3, 0.4) is 0 Å². The van der Waals surface area contributed by atoms with Gasteiger partial charge in [-0.15, -0.1) is 0 Å². The van der Waals surface area contributed by atoms with Crippen LogP contribution in [0.2, 0.25) is 0 Å². The lowest BCUT2D eigenvalue weighted by Gasteiger charge is -2.16. The van der Waals surface area contributed by atoms with Gasteiger partial charge in [0.2, 0.25) is 0 Å². The van der Waals surface area contributed by atoms with E-state index in [2.05, 4.69) is 10.6 Å². The van der Waals surface area contributed by atoms with E-state index < -0.39 is 48.0 Å². The zero-order valence-electron chi connectivity index (χ0n) is 23.3. The van der Waals surface area contributed by atoms with E-state index in [9.17, 15) is 33.6 Å². The molecule has 12 heteroatoms. The molecule has 3 atom stereocenters. The van der Waals surface area contributed by atoms with E-state index in [1.165, 1.54) is 76.2 Å². The molecule has 0 aliphatic rings. The summed E-state index contributed by atoms with van der Waals surface area (Å²) in [6, 6.07) is 11.1. The summed E-state index contributed by atoms with van der Waals surface area (Å²) in [4.78, 5) is 84.2. The van der Waals surface area contributed by atoms with E-state index in [1.54, 1.807) is 6.92 Å². The van der Waals surface area contributed by atoms with Gasteiger partial charge in [-0.2, -0.15) is 0 Å². The van der Waals surface area contributed by atoms with Crippen molar-refractivity contribution in [1.29, 1.82) is 0 Å². The Morgan fingerprint density at radius 2 is 0.902 bits per heavy atom. The Hall–Kier alpha value is -4.87. The second kappa shape index (κ2) is 15.1. The van der Waals surface area contributed by atoms with Crippen molar-refractivity contribution in [2.45, 2.75) is 59.4 Å². The van der Waals surface area contributed by atoms with Crippen LogP contribution in [0.4, 0.5) is 0 Å². The lowest BCUT2D eigenvalue weighted by molar-refractivity contribution is -0.131. The maximum absolute atomic E-state index is 12.4. The molecule has 41 heavy (non-hydrogen) atoms. The largest absolute Gasteiger partial charge is 0.451 e. The number of nitrogens with one attached hydrogen (secondary N) is 2. The van der Waals surface area contributed by atoms with E-state index in [0.717, 1.165) is 0 Å². The first-order valence-corrected chi connectivity index (χ1v) is 12.8. The van der Waals surface area contributed by atoms with Crippen LogP contribution in [0.25, 0.3) is 0 Å². The summed E-state index contributed by atoms with van der Waals surface area (Å²) in [5.74, 6) is -4.09. The van der Waals surface area contributed by atoms with Crippen molar-refractivity contribution in [3.8, 4) is 0 Å². The molecule has 12 nitrogen and oxygen atoms in total. The summed E-state index contributed by atoms with van der Waals surface area (Å²) < 4.78 is 15.3. The number of ketones is 2. The van der Waals surface area contributed by atoms with Gasteiger partial charge in [0.25, 0.3) is 11.8 Å². The number of benzene rings is 2. The van der Waals surface area contributed by atoms with Gasteiger partial charge in [-0.25, -0.2) is 14.4 Å². The highest BCUT2D eigenvalue weighted by Gasteiger charge is 2.22. The fourth-order valence-electron chi connectivity index (χ4n) is 3.24. The molecule has 0 spiro atoms. The second-order valence-electron chi connectivity index (χ2n) is 8.93. The van der Waals surface area contributed by atoms with Crippen LogP contribution in [-0.2, 0) is 28.6 Å². The Kier molecular flexibility index (Phi) is 11.9. The number of amides is 2. The minimum absolute atomic E-state index is 0.0683. The molecule has 0 saturated heterocycles. The van der Waals surface area contributed by atoms with Gasteiger partial charge < -0.3 is 24.8 Å². The number of Topliss-reactive ketones (excluding diaryl/α,β-unsaturated/α-hetero) is 2. The summed E-state index contributed by atoms with van der Waals surface area (Å²) in [7, 11) is 0. The van der Waals surface area contributed by atoms with Gasteiger partial charge in [0.15, 0.2) is 29.9 Å². The summed E-state index contributed by atoms with van der Waals surface area (Å²) in [5, 5.41) is 4.75. The van der Waals surface area contributed by atoms with Crippen LogP contribution in [0.5, 0.6) is 0 Å². The molecule has 2 aromatic rings. The third-order valence-electron chi connectivity index (χ3n) is 5.80. The van der Waals surface area contributed by atoms with Gasteiger partial charge in [0.05, 0.1) is 23.4 Å². The number of carbonyl (C=O) groups excluding carboxylic acids is 7. The normalized spacial score (nSPS) is 12.6. The van der Waals surface area contributed by atoms with Gasteiger partial charge in [-0.05, 0) is 64.1 Å². The van der Waals surface area contributed by atoms with Gasteiger partial charge in [-0.1, -0.05) is 19.1 Å². The molecule has 0 bridgehead atoms. The van der Waals surface area contributed by atoms with Gasteiger partial charge in [0, 0.05) is 12.0 Å². The fraction of sp³-hybridized carbons (Fsp3) is 0.345. The lowest BCUT2D eigenvalue weighted by Crippen LogP contribution is -2.45. The third kappa shape index (κ3) is 9.67. The standard InChI is InChI=1S/C29H32N2O10/c1-6-24(33)17(3)39-27(36)22-11-13-23(14-12-22)29(38)41-19(5)26(35)31-15-30-25(34)18(4)40-28(37)21-9-7-20(8-10-21)16(2)32/h7-14,17-19H,6,15H2,1-5H3,(H,30,34)(H,31,35). The monoisotopic (exact) mass is 568 g/mol. The maximum Gasteiger partial charge on any atom is 0.338 e. The first-order chi connectivity index (χ1) is 19.3. The Bertz CT molecular complexity index is 1300. The Balaban J connectivity index is 1.78. The number of esters is 3. The first kappa shape index (κ1) is 32.3. The summed E-state index contributed by atoms with van der Waals surface area (Å²) >= 11 is 0. The minimum atomic E-state index is -1.22. The van der Waals surface area contributed by atoms with E-state index >= 15 is 0 Å². The molecule has 3 unspecified atom stereocenters. The topological polar surface area (TPSA) is 171 Å². The van der Waals surface area contributed by atoms with E-state index in [-0.39, 0.29) is 41.3 Å². The van der Waals surface area contributed by atoms with Crippen LogP contribution in [-0.4, -0.2) is 66.3 Å². The molecular formula is C29H32N2O10. The number of ether oxygens (including phenoxy) is 3. The molecule has 2 amide bonds. The van der Waals surface area contributed by atoms with Crippen molar-refractivity contribution in [1.82, 2.24) is 10.6 Å². The Morgan fingerprint density at radius 1 is 0.585 bits per heavy atom. The molecule has 0 aliphatic carbocycles. The van der Waals surface area contributed by atoms with Crippen LogP contribution in [0.15, 0.2) is 48.5 Å². The maximum atomic E-state index is 12.4. The molecule has 218 valence electrons. The number of rotatable bonds is 13. The third-order valence-corrected chi connectivity index (χ3v) is 5.80. The molecule has 0 fully saturated rings. The van der Waals surface area contributed by atoms with Gasteiger partial charge >= 0.3 is 17.9 Å². The predicted molar refractivity (Wildman–Crippen MR) is 144 cm³/mol. The quantitative estimate of drug-likeness (QED) is 0.158. The molecule has 2 N–H and O–H groups in total. The van der Waals surface area contributed by atoms with Crippen molar-refractivity contribution < 1.29 is 47.8 Å². The van der Waals surface area contributed by atoms with Crippen LogP contribution < -0.4 is 10.6 Å². The average Bonchev–Trinajstić information content (AvgIpc) is 2.96. The predicted octanol–water partition coefficient (Wildman–Crippen LogP) is 2.39. The Labute approximate surface area is 236 Å². The smallest absolute Gasteiger partial charge is 0.338 e. The number of carbonyl (C=O) groups is 7. The lowest BCUT2D eigenvalue weighted by atomic mass is 10.1. The van der Waals surface area contributed by atoms with Crippen molar-refractivity contribution in [2.24, 2.45) is 0 Å². The zero-order chi connectivity index (χ0) is 30.7. The number of hydrogen-bond donors (Lipinski definition) is 2.